The van der Waals surface area contributed by atoms with Gasteiger partial charge in [0.15, 0.2) is 11.2 Å². The lowest BCUT2D eigenvalue weighted by Crippen LogP contribution is -2.64. The van der Waals surface area contributed by atoms with Crippen molar-refractivity contribution in [2.45, 2.75) is 41.7 Å². The van der Waals surface area contributed by atoms with E-state index in [1.165, 1.54) is 24.3 Å². The van der Waals surface area contributed by atoms with Crippen LogP contribution in [0.1, 0.15) is 37.2 Å². The fourth-order valence-corrected chi connectivity index (χ4v) is 14.5. The Bertz CT molecular complexity index is 5170. The van der Waals surface area contributed by atoms with Gasteiger partial charge in [-0.2, -0.15) is 58.5 Å². The van der Waals surface area contributed by atoms with Crippen molar-refractivity contribution in [3.8, 4) is 29.1 Å². The number of nitrogens with zero attached hydrogens (tertiary/aromatic N) is 6. The van der Waals surface area contributed by atoms with Crippen molar-refractivity contribution in [1.82, 2.24) is 23.1 Å². The number of oxazole rings is 2. The minimum atomic E-state index is -8.11. The predicted octanol–water partition coefficient (Wildman–Crippen LogP) is 9.87. The fourth-order valence-electron chi connectivity index (χ4n) is 10.8. The molecule has 16 nitrogen and oxygen atoms in total. The third-order valence-corrected chi connectivity index (χ3v) is 19.9. The van der Waals surface area contributed by atoms with Crippen LogP contribution in [0.15, 0.2) is 191 Å². The third kappa shape index (κ3) is 11.3. The van der Waals surface area contributed by atoms with Gasteiger partial charge in [-0.25, -0.2) is 26.8 Å². The quantitative estimate of drug-likeness (QED) is 0.0479. The molecule has 0 aliphatic rings. The first-order valence-corrected chi connectivity index (χ1v) is 32.2. The van der Waals surface area contributed by atoms with Crippen LogP contribution in [0.3, 0.4) is 0 Å². The molecule has 1 N–H and O–H groups in total. The molecule has 7 aromatic carbocycles. The number of aromatic nitrogens is 4. The number of nitrogens with one attached hydrogen (secondary N) is 1. The van der Waals surface area contributed by atoms with Crippen LogP contribution in [0, 0.1) is 22.7 Å². The lowest BCUT2D eigenvalue weighted by atomic mass is 9.50. The molecule has 4 aromatic heterocycles. The highest BCUT2D eigenvalue weighted by Crippen LogP contribution is 2.51. The number of nitriles is 2. The lowest BCUT2D eigenvalue weighted by Gasteiger charge is -2.31. The SMILES string of the molecule is CC(C)c1c2/c(=C(\C#N)c3nc4ccc(Cl)cc4o3)n(B(c3ccccc3)c3ccccc3)c(-c3ccc(OS(=O)(=O)C(F)(F)C(F)(F)C(F)(F)S(=O)(=O)NS(=O)(=O)C(F)(F)F)cc3)c2/c(=C(\C#N)c2nc3ccc(Cl)cc3o2)n1B(c1ccccc1)c1ccccc1. The number of rotatable bonds is 18. The van der Waals surface area contributed by atoms with Gasteiger partial charge < -0.3 is 22.0 Å². The average Bonchev–Trinajstić information content (AvgIpc) is 1.57. The van der Waals surface area contributed by atoms with Crippen molar-refractivity contribution < 1.29 is 77.8 Å². The van der Waals surface area contributed by atoms with E-state index in [1.54, 1.807) is 114 Å². The van der Waals surface area contributed by atoms with E-state index in [-0.39, 0.29) is 87.9 Å². The summed E-state index contributed by atoms with van der Waals surface area (Å²) in [6, 6.07) is 52.4. The Hall–Kier alpha value is -9.29. The van der Waals surface area contributed by atoms with Gasteiger partial charge in [0, 0.05) is 44.3 Å². The van der Waals surface area contributed by atoms with Gasteiger partial charge in [0.25, 0.3) is 10.0 Å². The van der Waals surface area contributed by atoms with Crippen LogP contribution in [0.5, 0.6) is 5.75 Å². The monoisotopic (exact) mass is 1370 g/mol. The van der Waals surface area contributed by atoms with Gasteiger partial charge in [0.05, 0.1) is 10.7 Å². The van der Waals surface area contributed by atoms with Gasteiger partial charge in [-0.15, -0.1) is 0 Å². The molecule has 0 unspecified atom stereocenters. The van der Waals surface area contributed by atoms with Crippen LogP contribution in [0.2, 0.25) is 10.0 Å². The Labute approximate surface area is 532 Å². The molecule has 4 heterocycles. The van der Waals surface area contributed by atoms with Crippen LogP contribution < -0.4 is 40.9 Å². The van der Waals surface area contributed by atoms with E-state index in [0.29, 0.717) is 39.7 Å². The standard InChI is InChI=1S/C61H38B2Cl2F9N7O9S3/c1-35(2)52-50-51(55(45(34-76)57-78-47-30-26-42(65)32-49(47)89-57)80(52)62(37-15-7-3-8-16-37)38-17-9-4-10-18-38)53(36-23-27-43(28-24-36)90-93(86,87)60(70,71)58(66,67)59(68,69)91(82,83)79-92(84,85)61(72,73)74)81(63(39-19-11-5-12-20-39)40-21-13-6-14-22-40)54(50)44(33-75)56-77-46-29-25-41(64)31-48(46)88-56/h3-32,35,79H,1-2H3/b54-44-,55-45-. The summed E-state index contributed by atoms with van der Waals surface area (Å²) in [5.41, 5.74) is -3.95. The zero-order valence-corrected chi connectivity index (χ0v) is 51.3. The van der Waals surface area contributed by atoms with Crippen LogP contribution in [-0.2, 0) is 30.2 Å². The second-order valence-electron chi connectivity index (χ2n) is 21.0. The van der Waals surface area contributed by atoms with Gasteiger partial charge in [-0.3, -0.25) is 0 Å². The Morgan fingerprint density at radius 1 is 0.548 bits per heavy atom. The van der Waals surface area contributed by atoms with Crippen LogP contribution in [0.25, 0.3) is 55.4 Å². The molecular weight excluding hydrogens is 1330 g/mol. The van der Waals surface area contributed by atoms with E-state index in [9.17, 15) is 48.9 Å². The molecule has 93 heavy (non-hydrogen) atoms. The predicted molar refractivity (Wildman–Crippen MR) is 331 cm³/mol. The number of hydrogen-bond donors (Lipinski definition) is 1. The minimum Gasteiger partial charge on any atom is -0.435 e. The largest absolute Gasteiger partial charge is 0.512 e. The van der Waals surface area contributed by atoms with Crippen LogP contribution in [-0.4, -0.2) is 79.8 Å². The first kappa shape index (κ1) is 65.2. The molecular formula is C61H38B2Cl2F9N7O9S3. The first-order valence-electron chi connectivity index (χ1n) is 27.1. The molecule has 0 aliphatic heterocycles. The van der Waals surface area contributed by atoms with Crippen molar-refractivity contribution >= 4 is 133 Å². The maximum absolute atomic E-state index is 15.8. The summed E-state index contributed by atoms with van der Waals surface area (Å²) < 4.78 is 226. The molecule has 11 aromatic rings. The zero-order chi connectivity index (χ0) is 67.0. The number of alkyl halides is 9. The highest BCUT2D eigenvalue weighted by atomic mass is 35.5. The summed E-state index contributed by atoms with van der Waals surface area (Å²) in [4.78, 5) is 9.59. The highest BCUT2D eigenvalue weighted by molar-refractivity contribution is 8.05. The normalized spacial score (nSPS) is 13.5. The molecule has 0 saturated carbocycles. The molecule has 0 saturated heterocycles. The molecule has 0 spiro atoms. The first-order chi connectivity index (χ1) is 43.9. The summed E-state index contributed by atoms with van der Waals surface area (Å²) in [6.45, 7) is 1.65. The van der Waals surface area contributed by atoms with Gasteiger partial charge in [0.1, 0.15) is 40.1 Å². The summed E-state index contributed by atoms with van der Waals surface area (Å²) in [7, 11) is -23.3. The molecule has 0 radical (unpaired) electrons. The van der Waals surface area contributed by atoms with Crippen molar-refractivity contribution in [1.29, 1.82) is 10.5 Å². The summed E-state index contributed by atoms with van der Waals surface area (Å²) in [6.07, 6.45) is 0. The molecule has 0 amide bonds. The number of fused-ring (bicyclic) bond motifs is 3. The topological polar surface area (TPSA) is 233 Å². The fraction of sp³-hybridized carbons (Fsp3) is 0.115. The maximum Gasteiger partial charge on any atom is 0.512 e. The third-order valence-electron chi connectivity index (χ3n) is 14.8. The molecule has 0 fully saturated rings. The summed E-state index contributed by atoms with van der Waals surface area (Å²) in [5.74, 6) is -10.4. The van der Waals surface area contributed by atoms with E-state index in [2.05, 4.69) is 16.3 Å². The second kappa shape index (κ2) is 24.0. The van der Waals surface area contributed by atoms with E-state index in [1.807, 2.05) is 42.6 Å². The minimum absolute atomic E-state index is 0.00975. The summed E-state index contributed by atoms with van der Waals surface area (Å²) >= 11 is 12.9. The number of halogens is 11. The Morgan fingerprint density at radius 2 is 0.946 bits per heavy atom. The Kier molecular flexibility index (Phi) is 16.8. The molecule has 472 valence electrons. The zero-order valence-electron chi connectivity index (χ0n) is 47.3. The van der Waals surface area contributed by atoms with Crippen molar-refractivity contribution in [2.24, 2.45) is 0 Å². The number of sulfonamides is 2. The summed E-state index contributed by atoms with van der Waals surface area (Å²) in [5, 5.41) is 9.73. The lowest BCUT2D eigenvalue weighted by molar-refractivity contribution is -0.245. The van der Waals surface area contributed by atoms with Crippen molar-refractivity contribution in [3.63, 3.8) is 0 Å². The second-order valence-corrected chi connectivity index (χ2v) is 27.1. The number of benzene rings is 7. The van der Waals surface area contributed by atoms with Crippen molar-refractivity contribution in [2.75, 3.05) is 0 Å². The number of hydrogen-bond acceptors (Lipinski definition) is 13. The van der Waals surface area contributed by atoms with E-state index < -0.39 is 81.6 Å². The molecule has 0 atom stereocenters. The Balaban J connectivity index is 1.31. The molecule has 11 rings (SSSR count). The van der Waals surface area contributed by atoms with Gasteiger partial charge in [-0.1, -0.05) is 184 Å². The average molecular weight is 1370 g/mol. The highest BCUT2D eigenvalue weighted by Gasteiger charge is 2.83. The van der Waals surface area contributed by atoms with E-state index in [0.717, 1.165) is 12.1 Å². The smallest absolute Gasteiger partial charge is 0.435 e. The molecule has 0 bridgehead atoms. The maximum atomic E-state index is 15.8. The van der Waals surface area contributed by atoms with E-state index in [4.69, 9.17) is 42.0 Å². The molecule has 32 heteroatoms. The van der Waals surface area contributed by atoms with Crippen LogP contribution in [0.4, 0.5) is 39.5 Å². The van der Waals surface area contributed by atoms with Gasteiger partial charge in [0.2, 0.25) is 11.8 Å². The van der Waals surface area contributed by atoms with Gasteiger partial charge in [-0.05, 0) is 60.0 Å². The molecule has 0 aliphatic carbocycles. The van der Waals surface area contributed by atoms with Gasteiger partial charge >= 0.3 is 55.8 Å². The van der Waals surface area contributed by atoms with Crippen molar-refractivity contribution in [3.05, 3.63) is 220 Å². The Morgan fingerprint density at radius 3 is 1.33 bits per heavy atom. The van der Waals surface area contributed by atoms with E-state index >= 15 is 26.3 Å². The van der Waals surface area contributed by atoms with Crippen LogP contribution >= 0.6 is 23.2 Å².